The van der Waals surface area contributed by atoms with Crippen molar-refractivity contribution in [2.24, 2.45) is 0 Å². The molecule has 0 bridgehead atoms. The SMILES string of the molecule is COC(=O)c1ccc(C(=O)OC)c(NC(=O)c2c(C)c(-c3ccc(C)cc3)nc3ccccc23)c1. The van der Waals surface area contributed by atoms with Crippen LogP contribution in [0.25, 0.3) is 22.2 Å². The molecule has 0 saturated heterocycles. The molecule has 35 heavy (non-hydrogen) atoms. The summed E-state index contributed by atoms with van der Waals surface area (Å²) < 4.78 is 9.64. The molecule has 4 rings (SSSR count). The Kier molecular flexibility index (Phi) is 6.59. The van der Waals surface area contributed by atoms with Crippen molar-refractivity contribution < 1.29 is 23.9 Å². The maximum atomic E-state index is 13.7. The predicted octanol–water partition coefficient (Wildman–Crippen LogP) is 5.34. The second-order valence-electron chi connectivity index (χ2n) is 8.04. The van der Waals surface area contributed by atoms with Crippen molar-refractivity contribution in [2.75, 3.05) is 19.5 Å². The Morgan fingerprint density at radius 1 is 0.829 bits per heavy atom. The molecule has 1 amide bonds. The smallest absolute Gasteiger partial charge is 0.339 e. The normalized spacial score (nSPS) is 10.6. The summed E-state index contributed by atoms with van der Waals surface area (Å²) in [7, 11) is 2.50. The number of nitrogens with one attached hydrogen (secondary N) is 1. The number of ether oxygens (including phenoxy) is 2. The average Bonchev–Trinajstić information content (AvgIpc) is 2.87. The monoisotopic (exact) mass is 468 g/mol. The molecule has 0 aliphatic carbocycles. The first kappa shape index (κ1) is 23.6. The second kappa shape index (κ2) is 9.77. The molecule has 3 aromatic carbocycles. The van der Waals surface area contributed by atoms with E-state index < -0.39 is 17.8 Å². The van der Waals surface area contributed by atoms with Gasteiger partial charge in [-0.1, -0.05) is 48.0 Å². The highest BCUT2D eigenvalue weighted by molar-refractivity contribution is 6.16. The molecule has 4 aromatic rings. The van der Waals surface area contributed by atoms with Crippen LogP contribution in [0.2, 0.25) is 0 Å². The maximum absolute atomic E-state index is 13.7. The molecule has 1 heterocycles. The van der Waals surface area contributed by atoms with E-state index >= 15 is 0 Å². The number of pyridine rings is 1. The van der Waals surface area contributed by atoms with Gasteiger partial charge in [-0.3, -0.25) is 4.79 Å². The molecule has 0 aliphatic rings. The van der Waals surface area contributed by atoms with Crippen LogP contribution >= 0.6 is 0 Å². The Labute approximate surface area is 202 Å². The van der Waals surface area contributed by atoms with E-state index in [4.69, 9.17) is 14.5 Å². The minimum atomic E-state index is -0.645. The number of anilines is 1. The number of carbonyl (C=O) groups excluding carboxylic acids is 3. The molecule has 0 spiro atoms. The fraction of sp³-hybridized carbons (Fsp3) is 0.143. The zero-order chi connectivity index (χ0) is 25.1. The molecular formula is C28H24N2O5. The highest BCUT2D eigenvalue weighted by atomic mass is 16.5. The quantitative estimate of drug-likeness (QED) is 0.397. The number of methoxy groups -OCH3 is 2. The number of rotatable bonds is 5. The highest BCUT2D eigenvalue weighted by Crippen LogP contribution is 2.31. The summed E-state index contributed by atoms with van der Waals surface area (Å²) >= 11 is 0. The Morgan fingerprint density at radius 2 is 1.51 bits per heavy atom. The summed E-state index contributed by atoms with van der Waals surface area (Å²) in [6.45, 7) is 3.85. The van der Waals surface area contributed by atoms with Gasteiger partial charge in [-0.05, 0) is 43.7 Å². The van der Waals surface area contributed by atoms with Crippen molar-refractivity contribution >= 4 is 34.4 Å². The molecule has 0 fully saturated rings. The lowest BCUT2D eigenvalue weighted by molar-refractivity contribution is 0.0587. The first-order valence-corrected chi connectivity index (χ1v) is 10.9. The van der Waals surface area contributed by atoms with E-state index in [1.54, 1.807) is 0 Å². The first-order valence-electron chi connectivity index (χ1n) is 10.9. The lowest BCUT2D eigenvalue weighted by Crippen LogP contribution is -2.18. The van der Waals surface area contributed by atoms with Crippen molar-refractivity contribution in [1.82, 2.24) is 4.98 Å². The molecular weight excluding hydrogens is 444 g/mol. The topological polar surface area (TPSA) is 94.6 Å². The molecule has 1 N–H and O–H groups in total. The van der Waals surface area contributed by atoms with Crippen LogP contribution in [0.1, 0.15) is 42.2 Å². The van der Waals surface area contributed by atoms with E-state index in [1.165, 1.54) is 32.4 Å². The van der Waals surface area contributed by atoms with Crippen LogP contribution in [0.15, 0.2) is 66.7 Å². The summed E-state index contributed by atoms with van der Waals surface area (Å²) in [4.78, 5) is 42.9. The number of para-hydroxylation sites is 1. The van der Waals surface area contributed by atoms with Crippen molar-refractivity contribution in [3.63, 3.8) is 0 Å². The van der Waals surface area contributed by atoms with Gasteiger partial charge < -0.3 is 14.8 Å². The van der Waals surface area contributed by atoms with E-state index in [0.717, 1.165) is 11.1 Å². The number of aryl methyl sites for hydroxylation is 1. The molecule has 0 radical (unpaired) electrons. The van der Waals surface area contributed by atoms with E-state index in [9.17, 15) is 14.4 Å². The zero-order valence-electron chi connectivity index (χ0n) is 19.8. The van der Waals surface area contributed by atoms with Gasteiger partial charge in [0.05, 0.1) is 47.8 Å². The number of hydrogen-bond donors (Lipinski definition) is 1. The number of aromatic nitrogens is 1. The third-order valence-corrected chi connectivity index (χ3v) is 5.78. The van der Waals surface area contributed by atoms with Crippen LogP contribution in [-0.2, 0) is 9.47 Å². The van der Waals surface area contributed by atoms with Gasteiger partial charge in [-0.15, -0.1) is 0 Å². The molecule has 0 saturated carbocycles. The van der Waals surface area contributed by atoms with Gasteiger partial charge >= 0.3 is 11.9 Å². The van der Waals surface area contributed by atoms with Gasteiger partial charge in [0.25, 0.3) is 5.91 Å². The Hall–Kier alpha value is -4.52. The number of amides is 1. The van der Waals surface area contributed by atoms with Crippen LogP contribution in [0.3, 0.4) is 0 Å². The standard InChI is InChI=1S/C28H24N2O5/c1-16-9-11-18(12-10-16)25-17(2)24(20-7-5-6-8-22(20)29-25)26(31)30-23-15-19(27(32)34-3)13-14-21(23)28(33)35-4/h5-15H,1-4H3,(H,30,31). The molecule has 0 unspecified atom stereocenters. The van der Waals surface area contributed by atoms with Gasteiger partial charge in [-0.2, -0.15) is 0 Å². The van der Waals surface area contributed by atoms with Gasteiger partial charge in [0.1, 0.15) is 0 Å². The Morgan fingerprint density at radius 3 is 2.20 bits per heavy atom. The van der Waals surface area contributed by atoms with Gasteiger partial charge in [0.2, 0.25) is 0 Å². The first-order chi connectivity index (χ1) is 16.8. The highest BCUT2D eigenvalue weighted by Gasteiger charge is 2.22. The molecule has 7 nitrogen and oxygen atoms in total. The zero-order valence-corrected chi connectivity index (χ0v) is 19.8. The molecule has 0 aliphatic heterocycles. The van der Waals surface area contributed by atoms with Crippen LogP contribution in [0, 0.1) is 13.8 Å². The van der Waals surface area contributed by atoms with Crippen molar-refractivity contribution in [3.8, 4) is 11.3 Å². The van der Waals surface area contributed by atoms with Gasteiger partial charge in [0.15, 0.2) is 0 Å². The van der Waals surface area contributed by atoms with Crippen molar-refractivity contribution in [3.05, 3.63) is 94.5 Å². The molecule has 0 atom stereocenters. The van der Waals surface area contributed by atoms with Crippen LogP contribution < -0.4 is 5.32 Å². The minimum Gasteiger partial charge on any atom is -0.465 e. The fourth-order valence-electron chi connectivity index (χ4n) is 3.96. The van der Waals surface area contributed by atoms with Crippen LogP contribution in [-0.4, -0.2) is 37.0 Å². The summed E-state index contributed by atoms with van der Waals surface area (Å²) in [6.07, 6.45) is 0. The summed E-state index contributed by atoms with van der Waals surface area (Å²) in [5, 5.41) is 3.48. The van der Waals surface area contributed by atoms with Crippen LogP contribution in [0.4, 0.5) is 5.69 Å². The lowest BCUT2D eigenvalue weighted by atomic mass is 9.96. The summed E-state index contributed by atoms with van der Waals surface area (Å²) in [5.41, 5.74) is 4.90. The van der Waals surface area contributed by atoms with Crippen molar-refractivity contribution in [1.29, 1.82) is 0 Å². The summed E-state index contributed by atoms with van der Waals surface area (Å²) in [5.74, 6) is -1.68. The minimum absolute atomic E-state index is 0.114. The predicted molar refractivity (Wildman–Crippen MR) is 134 cm³/mol. The average molecular weight is 469 g/mol. The van der Waals surface area contributed by atoms with E-state index in [0.29, 0.717) is 27.7 Å². The van der Waals surface area contributed by atoms with E-state index in [-0.39, 0.29) is 16.8 Å². The number of nitrogens with zero attached hydrogens (tertiary/aromatic N) is 1. The maximum Gasteiger partial charge on any atom is 0.339 e. The van der Waals surface area contributed by atoms with Gasteiger partial charge in [0, 0.05) is 10.9 Å². The second-order valence-corrected chi connectivity index (χ2v) is 8.04. The van der Waals surface area contributed by atoms with Gasteiger partial charge in [-0.25, -0.2) is 14.6 Å². The lowest BCUT2D eigenvalue weighted by Gasteiger charge is -2.16. The van der Waals surface area contributed by atoms with E-state index in [2.05, 4.69) is 5.32 Å². The Balaban J connectivity index is 1.86. The molecule has 1 aromatic heterocycles. The number of carbonyl (C=O) groups is 3. The summed E-state index contributed by atoms with van der Waals surface area (Å²) in [6, 6.07) is 19.6. The van der Waals surface area contributed by atoms with E-state index in [1.807, 2.05) is 62.4 Å². The Bertz CT molecular complexity index is 1460. The largest absolute Gasteiger partial charge is 0.465 e. The number of benzene rings is 3. The fourth-order valence-corrected chi connectivity index (χ4v) is 3.96. The molecule has 7 heteroatoms. The van der Waals surface area contributed by atoms with Crippen LogP contribution in [0.5, 0.6) is 0 Å². The number of esters is 2. The third-order valence-electron chi connectivity index (χ3n) is 5.78. The number of fused-ring (bicyclic) bond motifs is 1. The number of hydrogen-bond acceptors (Lipinski definition) is 6. The third kappa shape index (κ3) is 4.61. The molecule has 176 valence electrons. The van der Waals surface area contributed by atoms with Crippen molar-refractivity contribution in [2.45, 2.75) is 13.8 Å².